The molecule has 0 unspecified atom stereocenters. The minimum Gasteiger partial charge on any atom is -0.392 e. The molecule has 0 aliphatic carbocycles. The van der Waals surface area contributed by atoms with Crippen molar-refractivity contribution in [1.29, 1.82) is 0 Å². The normalized spacial score (nSPS) is 10.5. The first-order valence-corrected chi connectivity index (χ1v) is 7.51. The third-order valence-corrected chi connectivity index (χ3v) is 3.58. The van der Waals surface area contributed by atoms with E-state index in [9.17, 15) is 9.59 Å². The van der Waals surface area contributed by atoms with Crippen molar-refractivity contribution in [2.75, 3.05) is 11.9 Å². The smallest absolute Gasteiger partial charge is 0.268 e. The van der Waals surface area contributed by atoms with Gasteiger partial charge in [0.25, 0.3) is 5.91 Å². The molecule has 3 rings (SSSR count). The quantitative estimate of drug-likeness (QED) is 0.579. The largest absolute Gasteiger partial charge is 0.392 e. The Balaban J connectivity index is 1.58. The Bertz CT molecular complexity index is 853. The Kier molecular flexibility index (Phi) is 4.58. The molecule has 24 heavy (non-hydrogen) atoms. The van der Waals surface area contributed by atoms with Gasteiger partial charge in [0.1, 0.15) is 5.69 Å². The maximum Gasteiger partial charge on any atom is 0.268 e. The van der Waals surface area contributed by atoms with E-state index in [-0.39, 0.29) is 25.0 Å². The van der Waals surface area contributed by atoms with E-state index in [1.165, 1.54) is 0 Å². The van der Waals surface area contributed by atoms with E-state index in [0.717, 1.165) is 10.9 Å². The Hall–Kier alpha value is -3.12. The molecule has 1 heterocycles. The predicted octanol–water partition coefficient (Wildman–Crippen LogP) is 2.03. The number of carbonyl (C=O) groups is 2. The van der Waals surface area contributed by atoms with Crippen molar-refractivity contribution in [2.45, 2.75) is 6.61 Å². The third-order valence-electron chi connectivity index (χ3n) is 3.58. The highest BCUT2D eigenvalue weighted by molar-refractivity contribution is 6.01. The third kappa shape index (κ3) is 3.61. The number of aromatic nitrogens is 1. The summed E-state index contributed by atoms with van der Waals surface area (Å²) in [5.41, 5.74) is 2.56. The van der Waals surface area contributed by atoms with Crippen LogP contribution >= 0.6 is 0 Å². The van der Waals surface area contributed by atoms with Crippen LogP contribution in [0.2, 0.25) is 0 Å². The van der Waals surface area contributed by atoms with Crippen LogP contribution in [-0.4, -0.2) is 28.4 Å². The van der Waals surface area contributed by atoms with Crippen LogP contribution < -0.4 is 10.6 Å². The van der Waals surface area contributed by atoms with E-state index in [1.807, 2.05) is 24.3 Å². The fraction of sp³-hybridized carbons (Fsp3) is 0.111. The van der Waals surface area contributed by atoms with Crippen molar-refractivity contribution >= 4 is 28.4 Å². The molecule has 2 amide bonds. The van der Waals surface area contributed by atoms with Crippen LogP contribution in [0.1, 0.15) is 16.1 Å². The van der Waals surface area contributed by atoms with E-state index in [1.54, 1.807) is 30.3 Å². The zero-order chi connectivity index (χ0) is 16.9. The Labute approximate surface area is 138 Å². The number of anilines is 1. The lowest BCUT2D eigenvalue weighted by molar-refractivity contribution is -0.115. The molecule has 122 valence electrons. The molecule has 4 N–H and O–H groups in total. The first kappa shape index (κ1) is 15.8. The van der Waals surface area contributed by atoms with Gasteiger partial charge in [-0.2, -0.15) is 0 Å². The minimum absolute atomic E-state index is 0.0964. The van der Waals surface area contributed by atoms with E-state index in [2.05, 4.69) is 15.6 Å². The van der Waals surface area contributed by atoms with Crippen molar-refractivity contribution < 1.29 is 14.7 Å². The Morgan fingerprint density at radius 2 is 1.88 bits per heavy atom. The van der Waals surface area contributed by atoms with Crippen LogP contribution in [0.5, 0.6) is 0 Å². The summed E-state index contributed by atoms with van der Waals surface area (Å²) in [6.45, 7) is -0.238. The second-order valence-corrected chi connectivity index (χ2v) is 5.36. The first-order chi connectivity index (χ1) is 11.7. The lowest BCUT2D eigenvalue weighted by Crippen LogP contribution is -2.33. The second kappa shape index (κ2) is 6.97. The maximum atomic E-state index is 12.1. The number of aromatic amines is 1. The van der Waals surface area contributed by atoms with Crippen molar-refractivity contribution in [3.05, 3.63) is 65.9 Å². The number of aliphatic hydroxyl groups is 1. The molecule has 0 saturated carbocycles. The highest BCUT2D eigenvalue weighted by Crippen LogP contribution is 2.14. The van der Waals surface area contributed by atoms with E-state index in [4.69, 9.17) is 5.11 Å². The van der Waals surface area contributed by atoms with Crippen LogP contribution in [0.3, 0.4) is 0 Å². The van der Waals surface area contributed by atoms with Crippen LogP contribution in [0.4, 0.5) is 5.69 Å². The topological polar surface area (TPSA) is 94.2 Å². The molecule has 0 atom stereocenters. The molecule has 6 nitrogen and oxygen atoms in total. The van der Waals surface area contributed by atoms with Crippen LogP contribution in [0.25, 0.3) is 10.9 Å². The molecule has 3 aromatic rings. The summed E-state index contributed by atoms with van der Waals surface area (Å²) < 4.78 is 0. The predicted molar refractivity (Wildman–Crippen MR) is 91.6 cm³/mol. The summed E-state index contributed by atoms with van der Waals surface area (Å²) in [5, 5.41) is 15.3. The van der Waals surface area contributed by atoms with Crippen molar-refractivity contribution in [1.82, 2.24) is 10.3 Å². The number of fused-ring (bicyclic) bond motifs is 1. The zero-order valence-electron chi connectivity index (χ0n) is 12.9. The molecule has 0 aliphatic heterocycles. The number of hydrogen-bond donors (Lipinski definition) is 4. The summed E-state index contributed by atoms with van der Waals surface area (Å²) in [6.07, 6.45) is 0. The van der Waals surface area contributed by atoms with Gasteiger partial charge in [-0.15, -0.1) is 0 Å². The van der Waals surface area contributed by atoms with Crippen molar-refractivity contribution in [2.24, 2.45) is 0 Å². The summed E-state index contributed by atoms with van der Waals surface area (Å²) in [7, 11) is 0. The van der Waals surface area contributed by atoms with Crippen LogP contribution in [-0.2, 0) is 11.4 Å². The summed E-state index contributed by atoms with van der Waals surface area (Å²) in [5.74, 6) is -0.681. The van der Waals surface area contributed by atoms with Crippen molar-refractivity contribution in [3.63, 3.8) is 0 Å². The highest BCUT2D eigenvalue weighted by Gasteiger charge is 2.11. The van der Waals surface area contributed by atoms with Gasteiger partial charge in [0, 0.05) is 16.6 Å². The number of benzene rings is 2. The van der Waals surface area contributed by atoms with Crippen LogP contribution in [0, 0.1) is 0 Å². The molecule has 0 bridgehead atoms. The minimum atomic E-state index is -0.342. The SMILES string of the molecule is O=C(CNC(=O)c1cc2ccccc2[nH]1)Nc1cccc(CO)c1. The fourth-order valence-corrected chi connectivity index (χ4v) is 2.40. The number of carbonyl (C=O) groups excluding carboxylic acids is 2. The van der Waals surface area contributed by atoms with Crippen molar-refractivity contribution in [3.8, 4) is 0 Å². The van der Waals surface area contributed by atoms with Gasteiger partial charge in [-0.1, -0.05) is 30.3 Å². The number of rotatable bonds is 5. The van der Waals surface area contributed by atoms with Gasteiger partial charge in [-0.3, -0.25) is 9.59 Å². The number of aliphatic hydroxyl groups excluding tert-OH is 1. The molecule has 0 saturated heterocycles. The standard InChI is InChI=1S/C18H17N3O3/c22-11-12-4-3-6-14(8-12)20-17(23)10-19-18(24)16-9-13-5-1-2-7-15(13)21-16/h1-9,21-22H,10-11H2,(H,19,24)(H,20,23). The molecule has 0 aliphatic rings. The molecule has 1 aromatic heterocycles. The van der Waals surface area contributed by atoms with Crippen LogP contribution in [0.15, 0.2) is 54.6 Å². The maximum absolute atomic E-state index is 12.1. The molecular formula is C18H17N3O3. The van der Waals surface area contributed by atoms with Gasteiger partial charge < -0.3 is 20.7 Å². The first-order valence-electron chi connectivity index (χ1n) is 7.51. The summed E-state index contributed by atoms with van der Waals surface area (Å²) >= 11 is 0. The number of amides is 2. The van der Waals surface area contributed by atoms with E-state index >= 15 is 0 Å². The molecule has 2 aromatic carbocycles. The lowest BCUT2D eigenvalue weighted by atomic mass is 10.2. The van der Waals surface area contributed by atoms with E-state index < -0.39 is 0 Å². The van der Waals surface area contributed by atoms with Gasteiger partial charge in [0.15, 0.2) is 0 Å². The Morgan fingerprint density at radius 1 is 1.04 bits per heavy atom. The van der Waals surface area contributed by atoms with Gasteiger partial charge in [0.2, 0.25) is 5.91 Å². The average Bonchev–Trinajstić information content (AvgIpc) is 3.04. The molecule has 0 radical (unpaired) electrons. The lowest BCUT2D eigenvalue weighted by Gasteiger charge is -2.07. The highest BCUT2D eigenvalue weighted by atomic mass is 16.3. The molecular weight excluding hydrogens is 306 g/mol. The van der Waals surface area contributed by atoms with Gasteiger partial charge in [-0.25, -0.2) is 0 Å². The molecule has 0 fully saturated rings. The monoisotopic (exact) mass is 323 g/mol. The number of hydrogen-bond acceptors (Lipinski definition) is 3. The van der Waals surface area contributed by atoms with Gasteiger partial charge >= 0.3 is 0 Å². The summed E-state index contributed by atoms with van der Waals surface area (Å²) in [6, 6.07) is 16.2. The zero-order valence-corrected chi connectivity index (χ0v) is 12.9. The number of para-hydroxylation sites is 1. The number of H-pyrrole nitrogens is 1. The molecule has 6 heteroatoms. The van der Waals surface area contributed by atoms with Gasteiger partial charge in [-0.05, 0) is 29.8 Å². The second-order valence-electron chi connectivity index (χ2n) is 5.36. The number of nitrogens with one attached hydrogen (secondary N) is 3. The van der Waals surface area contributed by atoms with Gasteiger partial charge in [0.05, 0.1) is 13.2 Å². The van der Waals surface area contributed by atoms with E-state index in [0.29, 0.717) is 16.9 Å². The summed E-state index contributed by atoms with van der Waals surface area (Å²) in [4.78, 5) is 27.0. The fourth-order valence-electron chi connectivity index (χ4n) is 2.40. The average molecular weight is 323 g/mol. The molecule has 0 spiro atoms. The Morgan fingerprint density at radius 3 is 2.67 bits per heavy atom.